The summed E-state index contributed by atoms with van der Waals surface area (Å²) >= 11 is 3.24. The summed E-state index contributed by atoms with van der Waals surface area (Å²) < 4.78 is 0. The van der Waals surface area contributed by atoms with Crippen molar-refractivity contribution in [2.45, 2.75) is 13.3 Å². The van der Waals surface area contributed by atoms with Crippen molar-refractivity contribution in [2.75, 3.05) is 11.4 Å². The fourth-order valence-electron chi connectivity index (χ4n) is 2.27. The number of rotatable bonds is 5. The molecule has 1 amide bonds. The monoisotopic (exact) mass is 328 g/mol. The Balaban J connectivity index is 1.73. The van der Waals surface area contributed by atoms with Crippen LogP contribution in [0.25, 0.3) is 10.6 Å². The molecule has 0 spiro atoms. The Labute approximate surface area is 137 Å². The predicted octanol–water partition coefficient (Wildman–Crippen LogP) is 4.47. The SMILES string of the molecule is CCN(C(=O)Cc1csc(-c2ccsc2)n1)c1ccccc1. The molecule has 0 atom stereocenters. The molecule has 5 heteroatoms. The number of aromatic nitrogens is 1. The predicted molar refractivity (Wildman–Crippen MR) is 93.6 cm³/mol. The number of thiazole rings is 1. The molecule has 3 aromatic rings. The number of thiophene rings is 1. The van der Waals surface area contributed by atoms with E-state index in [1.807, 2.05) is 48.0 Å². The second kappa shape index (κ2) is 6.85. The van der Waals surface area contributed by atoms with Gasteiger partial charge < -0.3 is 4.90 Å². The van der Waals surface area contributed by atoms with Crippen molar-refractivity contribution in [3.05, 3.63) is 58.2 Å². The van der Waals surface area contributed by atoms with E-state index in [1.165, 1.54) is 0 Å². The molecule has 2 heterocycles. The molecule has 0 aliphatic heterocycles. The maximum atomic E-state index is 12.5. The molecule has 0 aliphatic carbocycles. The minimum atomic E-state index is 0.0795. The van der Waals surface area contributed by atoms with Gasteiger partial charge in [-0.25, -0.2) is 4.98 Å². The molecule has 2 aromatic heterocycles. The Morgan fingerprint density at radius 2 is 2.00 bits per heavy atom. The molecule has 22 heavy (non-hydrogen) atoms. The Kier molecular flexibility index (Phi) is 4.65. The zero-order valence-corrected chi connectivity index (χ0v) is 13.9. The summed E-state index contributed by atoms with van der Waals surface area (Å²) in [5.74, 6) is 0.0795. The third kappa shape index (κ3) is 3.26. The summed E-state index contributed by atoms with van der Waals surface area (Å²) in [6.45, 7) is 2.65. The molecule has 0 aliphatic rings. The van der Waals surface area contributed by atoms with Crippen LogP contribution in [0.5, 0.6) is 0 Å². The first-order valence-corrected chi connectivity index (χ1v) is 8.92. The van der Waals surface area contributed by atoms with Crippen LogP contribution in [0, 0.1) is 0 Å². The number of carbonyl (C=O) groups excluding carboxylic acids is 1. The van der Waals surface area contributed by atoms with Crippen LogP contribution in [0.1, 0.15) is 12.6 Å². The molecule has 0 unspecified atom stereocenters. The smallest absolute Gasteiger partial charge is 0.233 e. The van der Waals surface area contributed by atoms with Crippen LogP contribution < -0.4 is 4.90 Å². The number of nitrogens with zero attached hydrogens (tertiary/aromatic N) is 2. The van der Waals surface area contributed by atoms with E-state index < -0.39 is 0 Å². The maximum Gasteiger partial charge on any atom is 0.233 e. The van der Waals surface area contributed by atoms with Gasteiger partial charge in [0.25, 0.3) is 0 Å². The van der Waals surface area contributed by atoms with Crippen molar-refractivity contribution in [3.63, 3.8) is 0 Å². The highest BCUT2D eigenvalue weighted by molar-refractivity contribution is 7.14. The van der Waals surface area contributed by atoms with Crippen LogP contribution in [0.15, 0.2) is 52.5 Å². The number of anilines is 1. The molecule has 0 N–H and O–H groups in total. The maximum absolute atomic E-state index is 12.5. The van der Waals surface area contributed by atoms with Crippen molar-refractivity contribution >= 4 is 34.3 Å². The molecule has 0 saturated carbocycles. The zero-order valence-electron chi connectivity index (χ0n) is 12.2. The molecule has 1 aromatic carbocycles. The lowest BCUT2D eigenvalue weighted by Crippen LogP contribution is -2.32. The first kappa shape index (κ1) is 14.9. The highest BCUT2D eigenvalue weighted by Gasteiger charge is 2.16. The Bertz CT molecular complexity index is 735. The number of hydrogen-bond donors (Lipinski definition) is 0. The van der Waals surface area contributed by atoms with Gasteiger partial charge in [0.2, 0.25) is 5.91 Å². The number of likely N-dealkylation sites (N-methyl/N-ethyl adjacent to an activating group) is 1. The van der Waals surface area contributed by atoms with E-state index in [0.717, 1.165) is 22.0 Å². The normalized spacial score (nSPS) is 10.6. The molecule has 3 rings (SSSR count). The Morgan fingerprint density at radius 3 is 2.68 bits per heavy atom. The molecule has 0 saturated heterocycles. The van der Waals surface area contributed by atoms with E-state index in [2.05, 4.69) is 16.4 Å². The van der Waals surface area contributed by atoms with Gasteiger partial charge >= 0.3 is 0 Å². The number of para-hydroxylation sites is 1. The summed E-state index contributed by atoms with van der Waals surface area (Å²) in [7, 11) is 0. The quantitative estimate of drug-likeness (QED) is 0.692. The van der Waals surface area contributed by atoms with Gasteiger partial charge in [-0.1, -0.05) is 18.2 Å². The van der Waals surface area contributed by atoms with Crippen LogP contribution >= 0.6 is 22.7 Å². The minimum absolute atomic E-state index is 0.0795. The molecule has 0 fully saturated rings. The van der Waals surface area contributed by atoms with Gasteiger partial charge in [-0.2, -0.15) is 11.3 Å². The van der Waals surface area contributed by atoms with Crippen LogP contribution in [0.4, 0.5) is 5.69 Å². The number of hydrogen-bond acceptors (Lipinski definition) is 4. The first-order chi connectivity index (χ1) is 10.8. The number of carbonyl (C=O) groups is 1. The van der Waals surface area contributed by atoms with Gasteiger partial charge in [0.15, 0.2) is 0 Å². The van der Waals surface area contributed by atoms with Gasteiger partial charge in [-0.15, -0.1) is 11.3 Å². The second-order valence-electron chi connectivity index (χ2n) is 4.81. The van der Waals surface area contributed by atoms with Crippen LogP contribution in [0.3, 0.4) is 0 Å². The van der Waals surface area contributed by atoms with Gasteiger partial charge in [0.05, 0.1) is 12.1 Å². The van der Waals surface area contributed by atoms with E-state index >= 15 is 0 Å². The van der Waals surface area contributed by atoms with Crippen molar-refractivity contribution in [3.8, 4) is 10.6 Å². The van der Waals surface area contributed by atoms with E-state index in [-0.39, 0.29) is 5.91 Å². The van der Waals surface area contributed by atoms with Gasteiger partial charge in [0, 0.05) is 28.6 Å². The standard InChI is InChI=1S/C17H16N2OS2/c1-2-19(15-6-4-3-5-7-15)16(20)10-14-12-22-17(18-14)13-8-9-21-11-13/h3-9,11-12H,2,10H2,1H3. The lowest BCUT2D eigenvalue weighted by molar-refractivity contribution is -0.118. The first-order valence-electron chi connectivity index (χ1n) is 7.10. The van der Waals surface area contributed by atoms with Gasteiger partial charge in [0.1, 0.15) is 5.01 Å². The largest absolute Gasteiger partial charge is 0.312 e. The number of amides is 1. The zero-order chi connectivity index (χ0) is 15.4. The van der Waals surface area contributed by atoms with E-state index in [0.29, 0.717) is 13.0 Å². The van der Waals surface area contributed by atoms with Crippen molar-refractivity contribution < 1.29 is 4.79 Å². The summed E-state index contributed by atoms with van der Waals surface area (Å²) in [5.41, 5.74) is 2.90. The van der Waals surface area contributed by atoms with Gasteiger partial charge in [-0.05, 0) is 30.5 Å². The van der Waals surface area contributed by atoms with Crippen molar-refractivity contribution in [2.24, 2.45) is 0 Å². The molecule has 3 nitrogen and oxygen atoms in total. The van der Waals surface area contributed by atoms with E-state index in [1.54, 1.807) is 27.6 Å². The average molecular weight is 328 g/mol. The summed E-state index contributed by atoms with van der Waals surface area (Å²) in [6.07, 6.45) is 0.337. The van der Waals surface area contributed by atoms with Crippen LogP contribution in [0.2, 0.25) is 0 Å². The fourth-order valence-corrected chi connectivity index (χ4v) is 3.80. The molecule has 0 bridgehead atoms. The molecule has 0 radical (unpaired) electrons. The number of benzene rings is 1. The molecular formula is C17H16N2OS2. The lowest BCUT2D eigenvalue weighted by Gasteiger charge is -2.20. The highest BCUT2D eigenvalue weighted by atomic mass is 32.1. The fraction of sp³-hybridized carbons (Fsp3) is 0.176. The van der Waals surface area contributed by atoms with E-state index in [4.69, 9.17) is 0 Å². The molecular weight excluding hydrogens is 312 g/mol. The third-order valence-electron chi connectivity index (χ3n) is 3.34. The minimum Gasteiger partial charge on any atom is -0.312 e. The second-order valence-corrected chi connectivity index (χ2v) is 6.44. The average Bonchev–Trinajstić information content (AvgIpc) is 3.20. The summed E-state index contributed by atoms with van der Waals surface area (Å²) in [6, 6.07) is 11.8. The topological polar surface area (TPSA) is 33.2 Å². The lowest BCUT2D eigenvalue weighted by atomic mass is 10.2. The van der Waals surface area contributed by atoms with Gasteiger partial charge in [-0.3, -0.25) is 4.79 Å². The summed E-state index contributed by atoms with van der Waals surface area (Å²) in [4.78, 5) is 18.9. The van der Waals surface area contributed by atoms with E-state index in [9.17, 15) is 4.79 Å². The summed E-state index contributed by atoms with van der Waals surface area (Å²) in [5, 5.41) is 7.07. The van der Waals surface area contributed by atoms with Crippen LogP contribution in [-0.2, 0) is 11.2 Å². The highest BCUT2D eigenvalue weighted by Crippen LogP contribution is 2.26. The Morgan fingerprint density at radius 1 is 1.18 bits per heavy atom. The van der Waals surface area contributed by atoms with Crippen LogP contribution in [-0.4, -0.2) is 17.4 Å². The van der Waals surface area contributed by atoms with Crippen molar-refractivity contribution in [1.29, 1.82) is 0 Å². The third-order valence-corrected chi connectivity index (χ3v) is 4.96. The molecule has 112 valence electrons. The van der Waals surface area contributed by atoms with Crippen molar-refractivity contribution in [1.82, 2.24) is 4.98 Å². The Hall–Kier alpha value is -1.98.